The zero-order chi connectivity index (χ0) is 24.2. The monoisotopic (exact) mass is 456 g/mol. The van der Waals surface area contributed by atoms with Crippen LogP contribution in [0.2, 0.25) is 0 Å². The van der Waals surface area contributed by atoms with Crippen molar-refractivity contribution in [2.75, 3.05) is 0 Å². The van der Waals surface area contributed by atoms with Crippen LogP contribution < -0.4 is 5.46 Å². The molecule has 0 aromatic heterocycles. The molecule has 1 saturated heterocycles. The van der Waals surface area contributed by atoms with Crippen molar-refractivity contribution in [1.29, 1.82) is 0 Å². The average molecular weight is 456 g/mol. The highest BCUT2D eigenvalue weighted by molar-refractivity contribution is 6.64. The van der Waals surface area contributed by atoms with Gasteiger partial charge in [0.2, 0.25) is 0 Å². The van der Waals surface area contributed by atoms with E-state index < -0.39 is 18.3 Å². The Morgan fingerprint density at radius 2 is 0.943 bits per heavy atom. The van der Waals surface area contributed by atoms with Gasteiger partial charge < -0.3 is 9.31 Å². The van der Waals surface area contributed by atoms with Crippen LogP contribution in [0.4, 0.5) is 0 Å². The average Bonchev–Trinajstić information content (AvgIpc) is 3.09. The zero-order valence-corrected chi connectivity index (χ0v) is 20.7. The van der Waals surface area contributed by atoms with Crippen LogP contribution in [0.15, 0.2) is 103 Å². The van der Waals surface area contributed by atoms with Crippen molar-refractivity contribution in [3.8, 4) is 22.3 Å². The Bertz CT molecular complexity index is 1550. The summed E-state index contributed by atoms with van der Waals surface area (Å²) in [6.07, 6.45) is 0. The number of benzene rings is 5. The zero-order valence-electron chi connectivity index (χ0n) is 20.7. The van der Waals surface area contributed by atoms with Crippen molar-refractivity contribution in [2.24, 2.45) is 0 Å². The molecule has 3 heteroatoms. The topological polar surface area (TPSA) is 18.5 Å². The van der Waals surface area contributed by atoms with Crippen molar-refractivity contribution in [1.82, 2.24) is 0 Å². The third-order valence-corrected chi connectivity index (χ3v) is 7.70. The van der Waals surface area contributed by atoms with Crippen LogP contribution in [0.3, 0.4) is 0 Å². The lowest BCUT2D eigenvalue weighted by Crippen LogP contribution is -2.41. The highest BCUT2D eigenvalue weighted by Gasteiger charge is 2.52. The molecule has 1 aliphatic rings. The van der Waals surface area contributed by atoms with Gasteiger partial charge in [-0.1, -0.05) is 91.0 Å². The molecule has 6 rings (SSSR count). The first-order valence-corrected chi connectivity index (χ1v) is 12.3. The minimum absolute atomic E-state index is 0.405. The van der Waals surface area contributed by atoms with Crippen LogP contribution in [0, 0.1) is 0 Å². The quantitative estimate of drug-likeness (QED) is 0.260. The van der Waals surface area contributed by atoms with Gasteiger partial charge in [-0.05, 0) is 89.1 Å². The van der Waals surface area contributed by atoms with E-state index in [1.54, 1.807) is 0 Å². The Hall–Kier alpha value is -3.40. The van der Waals surface area contributed by atoms with Crippen molar-refractivity contribution in [3.05, 3.63) is 103 Å². The van der Waals surface area contributed by atoms with Gasteiger partial charge in [0, 0.05) is 0 Å². The molecule has 5 aromatic carbocycles. The minimum atomic E-state index is -0.443. The highest BCUT2D eigenvalue weighted by atomic mass is 16.7. The van der Waals surface area contributed by atoms with Gasteiger partial charge in [0.1, 0.15) is 0 Å². The van der Waals surface area contributed by atoms with Crippen LogP contribution in [0.1, 0.15) is 27.7 Å². The van der Waals surface area contributed by atoms with Crippen molar-refractivity contribution in [3.63, 3.8) is 0 Å². The fourth-order valence-electron chi connectivity index (χ4n) is 4.90. The van der Waals surface area contributed by atoms with Crippen molar-refractivity contribution in [2.45, 2.75) is 38.9 Å². The molecule has 0 amide bonds. The lowest BCUT2D eigenvalue weighted by atomic mass is 9.73. The molecule has 172 valence electrons. The molecule has 2 nitrogen and oxygen atoms in total. The molecule has 1 fully saturated rings. The van der Waals surface area contributed by atoms with E-state index in [2.05, 4.69) is 131 Å². The van der Waals surface area contributed by atoms with E-state index >= 15 is 0 Å². The molecule has 5 aromatic rings. The number of hydrogen-bond acceptors (Lipinski definition) is 2. The van der Waals surface area contributed by atoms with E-state index in [9.17, 15) is 0 Å². The van der Waals surface area contributed by atoms with Crippen LogP contribution >= 0.6 is 0 Å². The first kappa shape index (κ1) is 22.1. The van der Waals surface area contributed by atoms with E-state index in [-0.39, 0.29) is 0 Å². The highest BCUT2D eigenvalue weighted by Crippen LogP contribution is 2.38. The first-order chi connectivity index (χ1) is 16.8. The maximum Gasteiger partial charge on any atom is 0.495 e. The standard InChI is InChI=1S/C32H29BO2/c1-31(2)32(3,4)35-33(34-31)30-21-27(26-15-13-22-9-5-7-11-24(22)19-26)17-18-29(30)28-16-14-23-10-6-8-12-25(23)20-28/h5-21H,1-4H3. The van der Waals surface area contributed by atoms with Crippen molar-refractivity contribution >= 4 is 34.1 Å². The number of fused-ring (bicyclic) bond motifs is 2. The van der Waals surface area contributed by atoms with Crippen LogP contribution in [-0.4, -0.2) is 18.3 Å². The molecule has 0 N–H and O–H groups in total. The lowest BCUT2D eigenvalue weighted by Gasteiger charge is -2.32. The van der Waals surface area contributed by atoms with Crippen molar-refractivity contribution < 1.29 is 9.31 Å². The molecule has 0 aliphatic carbocycles. The second-order valence-corrected chi connectivity index (χ2v) is 10.5. The van der Waals surface area contributed by atoms with Gasteiger partial charge in [-0.25, -0.2) is 0 Å². The van der Waals surface area contributed by atoms with E-state index in [0.717, 1.165) is 16.6 Å². The molecule has 0 spiro atoms. The van der Waals surface area contributed by atoms with Crippen LogP contribution in [0.5, 0.6) is 0 Å². The van der Waals surface area contributed by atoms with Gasteiger partial charge in [0.05, 0.1) is 11.2 Å². The predicted octanol–water partition coefficient (Wildman–Crippen LogP) is 7.63. The molecule has 35 heavy (non-hydrogen) atoms. The largest absolute Gasteiger partial charge is 0.495 e. The SMILES string of the molecule is CC1(C)OB(c2cc(-c3ccc4ccccc4c3)ccc2-c2ccc3ccccc3c2)OC1(C)C. The molecule has 0 atom stereocenters. The van der Waals surface area contributed by atoms with Gasteiger partial charge in [-0.2, -0.15) is 0 Å². The Morgan fingerprint density at radius 3 is 1.54 bits per heavy atom. The molecule has 0 unspecified atom stereocenters. The third-order valence-electron chi connectivity index (χ3n) is 7.70. The van der Waals surface area contributed by atoms with Gasteiger partial charge in [0.15, 0.2) is 0 Å². The summed E-state index contributed by atoms with van der Waals surface area (Å²) in [6.45, 7) is 8.43. The smallest absolute Gasteiger partial charge is 0.399 e. The van der Waals surface area contributed by atoms with E-state index in [4.69, 9.17) is 9.31 Å². The van der Waals surface area contributed by atoms with Gasteiger partial charge in [-0.3, -0.25) is 0 Å². The predicted molar refractivity (Wildman–Crippen MR) is 148 cm³/mol. The Labute approximate surface area is 207 Å². The second-order valence-electron chi connectivity index (χ2n) is 10.5. The minimum Gasteiger partial charge on any atom is -0.399 e. The number of hydrogen-bond donors (Lipinski definition) is 0. The molecule has 1 aliphatic heterocycles. The fourth-order valence-corrected chi connectivity index (χ4v) is 4.90. The third kappa shape index (κ3) is 3.85. The summed E-state index contributed by atoms with van der Waals surface area (Å²) in [5, 5.41) is 4.95. The summed E-state index contributed by atoms with van der Waals surface area (Å²) in [5.41, 5.74) is 4.90. The summed E-state index contributed by atoms with van der Waals surface area (Å²) < 4.78 is 13.1. The maximum atomic E-state index is 6.54. The van der Waals surface area contributed by atoms with E-state index in [0.29, 0.717) is 0 Å². The first-order valence-electron chi connectivity index (χ1n) is 12.3. The molecule has 0 saturated carbocycles. The Morgan fingerprint density at radius 1 is 0.486 bits per heavy atom. The summed E-state index contributed by atoms with van der Waals surface area (Å²) in [6, 6.07) is 36.9. The number of rotatable bonds is 3. The molecular formula is C32H29BO2. The summed E-state index contributed by atoms with van der Waals surface area (Å²) in [5.74, 6) is 0. The van der Waals surface area contributed by atoms with Gasteiger partial charge in [-0.15, -0.1) is 0 Å². The van der Waals surface area contributed by atoms with E-state index in [1.165, 1.54) is 32.7 Å². The molecule has 0 radical (unpaired) electrons. The van der Waals surface area contributed by atoms with Gasteiger partial charge in [0.25, 0.3) is 0 Å². The van der Waals surface area contributed by atoms with Gasteiger partial charge >= 0.3 is 7.12 Å². The summed E-state index contributed by atoms with van der Waals surface area (Å²) in [7, 11) is -0.443. The maximum absolute atomic E-state index is 6.54. The second kappa shape index (κ2) is 8.08. The Balaban J connectivity index is 1.51. The van der Waals surface area contributed by atoms with E-state index in [1.807, 2.05) is 0 Å². The Kier molecular flexibility index (Phi) is 5.10. The summed E-state index contributed by atoms with van der Waals surface area (Å²) >= 11 is 0. The summed E-state index contributed by atoms with van der Waals surface area (Å²) in [4.78, 5) is 0. The van der Waals surface area contributed by atoms with Crippen LogP contribution in [-0.2, 0) is 9.31 Å². The van der Waals surface area contributed by atoms with Crippen LogP contribution in [0.25, 0.3) is 43.8 Å². The molecule has 0 bridgehead atoms. The lowest BCUT2D eigenvalue weighted by molar-refractivity contribution is 0.00578. The fraction of sp³-hybridized carbons (Fsp3) is 0.188. The molecular weight excluding hydrogens is 427 g/mol. The normalized spacial score (nSPS) is 16.7. The molecule has 1 heterocycles.